The van der Waals surface area contributed by atoms with Gasteiger partial charge in [0.1, 0.15) is 11.5 Å². The van der Waals surface area contributed by atoms with E-state index >= 15 is 0 Å². The molecule has 0 spiro atoms. The van der Waals surface area contributed by atoms with Crippen LogP contribution in [0.2, 0.25) is 10.0 Å². The van der Waals surface area contributed by atoms with Gasteiger partial charge in [-0.05, 0) is 60.3 Å². The Morgan fingerprint density at radius 1 is 1.00 bits per heavy atom. The van der Waals surface area contributed by atoms with Crippen molar-refractivity contribution in [2.24, 2.45) is 4.99 Å². The molecule has 1 aliphatic rings. The summed E-state index contributed by atoms with van der Waals surface area (Å²) >= 11 is 13.1. The number of nitrogens with zero attached hydrogens (tertiary/aromatic N) is 1. The van der Waals surface area contributed by atoms with Crippen molar-refractivity contribution < 1.29 is 9.21 Å². The summed E-state index contributed by atoms with van der Waals surface area (Å²) in [5, 5.41) is 4.53. The molecule has 1 aromatic heterocycles. The first kappa shape index (κ1) is 17.9. The largest absolute Gasteiger partial charge is 0.457 e. The van der Waals surface area contributed by atoms with Crippen molar-refractivity contribution in [3.05, 3.63) is 81.4 Å². The molecule has 0 atom stereocenters. The van der Waals surface area contributed by atoms with Gasteiger partial charge >= 0.3 is 0 Å². The summed E-state index contributed by atoms with van der Waals surface area (Å²) < 4.78 is 5.82. The SMILES string of the molecule is O=C1NC(=Nc2ccc(Cl)cc2)S/C1=C/c1ccc(-c2cccc(Cl)c2)o1. The Bertz CT molecular complexity index is 1070. The van der Waals surface area contributed by atoms with Crippen molar-refractivity contribution >= 4 is 57.8 Å². The Hall–Kier alpha value is -2.47. The van der Waals surface area contributed by atoms with Crippen molar-refractivity contribution in [1.82, 2.24) is 5.32 Å². The van der Waals surface area contributed by atoms with Gasteiger partial charge in [-0.2, -0.15) is 0 Å². The summed E-state index contributed by atoms with van der Waals surface area (Å²) in [5.74, 6) is 1.05. The van der Waals surface area contributed by atoms with Crippen LogP contribution in [0, 0.1) is 0 Å². The maximum atomic E-state index is 12.2. The first-order valence-corrected chi connectivity index (χ1v) is 9.55. The zero-order valence-electron chi connectivity index (χ0n) is 13.8. The number of amides is 1. The maximum Gasteiger partial charge on any atom is 0.264 e. The molecule has 1 saturated heterocycles. The van der Waals surface area contributed by atoms with Crippen molar-refractivity contribution in [2.75, 3.05) is 0 Å². The van der Waals surface area contributed by atoms with E-state index in [9.17, 15) is 4.79 Å². The fourth-order valence-corrected chi connectivity index (χ4v) is 3.61. The molecule has 1 aliphatic heterocycles. The molecule has 2 heterocycles. The van der Waals surface area contributed by atoms with E-state index in [-0.39, 0.29) is 5.91 Å². The third-order valence-electron chi connectivity index (χ3n) is 3.72. The Morgan fingerprint density at radius 3 is 2.59 bits per heavy atom. The Labute approximate surface area is 169 Å². The lowest BCUT2D eigenvalue weighted by molar-refractivity contribution is -0.115. The minimum atomic E-state index is -0.214. The average Bonchev–Trinajstić information content (AvgIpc) is 3.24. The second-order valence-electron chi connectivity index (χ2n) is 5.67. The van der Waals surface area contributed by atoms with Gasteiger partial charge in [0.2, 0.25) is 0 Å². The van der Waals surface area contributed by atoms with E-state index in [0.29, 0.717) is 37.3 Å². The van der Waals surface area contributed by atoms with E-state index < -0.39 is 0 Å². The van der Waals surface area contributed by atoms with Crippen LogP contribution in [0.5, 0.6) is 0 Å². The summed E-state index contributed by atoms with van der Waals surface area (Å²) in [6, 6.07) is 18.1. The summed E-state index contributed by atoms with van der Waals surface area (Å²) in [7, 11) is 0. The minimum Gasteiger partial charge on any atom is -0.457 e. The van der Waals surface area contributed by atoms with Gasteiger partial charge in [-0.3, -0.25) is 4.79 Å². The van der Waals surface area contributed by atoms with Crippen LogP contribution in [0.25, 0.3) is 17.4 Å². The maximum absolute atomic E-state index is 12.2. The quantitative estimate of drug-likeness (QED) is 0.523. The van der Waals surface area contributed by atoms with Crippen LogP contribution < -0.4 is 5.32 Å². The van der Waals surface area contributed by atoms with Gasteiger partial charge in [-0.1, -0.05) is 35.3 Å². The molecule has 0 unspecified atom stereocenters. The number of halogens is 2. The third kappa shape index (κ3) is 4.27. The van der Waals surface area contributed by atoms with Crippen molar-refractivity contribution in [3.8, 4) is 11.3 Å². The standard InChI is InChI=1S/C20H12Cl2N2O2S/c21-13-4-6-15(7-5-13)23-20-24-19(25)18(27-20)11-16-8-9-17(26-16)12-2-1-3-14(22)10-12/h1-11H,(H,23,24,25)/b18-11+. The van der Waals surface area contributed by atoms with Crippen LogP contribution in [-0.4, -0.2) is 11.1 Å². The van der Waals surface area contributed by atoms with Crippen LogP contribution in [0.4, 0.5) is 5.69 Å². The number of furan rings is 1. The number of amidine groups is 1. The number of rotatable bonds is 3. The summed E-state index contributed by atoms with van der Waals surface area (Å²) in [5.41, 5.74) is 1.59. The molecule has 0 radical (unpaired) electrons. The van der Waals surface area contributed by atoms with Crippen molar-refractivity contribution in [1.29, 1.82) is 0 Å². The number of carbonyl (C=O) groups is 1. The number of hydrogen-bond donors (Lipinski definition) is 1. The number of nitrogens with one attached hydrogen (secondary N) is 1. The molecule has 2 aromatic carbocycles. The molecule has 4 nitrogen and oxygen atoms in total. The van der Waals surface area contributed by atoms with E-state index in [1.807, 2.05) is 30.3 Å². The smallest absolute Gasteiger partial charge is 0.264 e. The summed E-state index contributed by atoms with van der Waals surface area (Å²) in [6.45, 7) is 0. The Kier molecular flexibility index (Phi) is 5.07. The van der Waals surface area contributed by atoms with Gasteiger partial charge in [0.05, 0.1) is 10.6 Å². The van der Waals surface area contributed by atoms with Crippen LogP contribution >= 0.6 is 35.0 Å². The van der Waals surface area contributed by atoms with Gasteiger partial charge in [0.15, 0.2) is 5.17 Å². The van der Waals surface area contributed by atoms with Gasteiger partial charge < -0.3 is 9.73 Å². The molecule has 1 amide bonds. The van der Waals surface area contributed by atoms with E-state index in [1.165, 1.54) is 11.8 Å². The van der Waals surface area contributed by atoms with Crippen LogP contribution in [-0.2, 0) is 4.79 Å². The van der Waals surface area contributed by atoms with E-state index in [0.717, 1.165) is 5.56 Å². The summed E-state index contributed by atoms with van der Waals surface area (Å²) in [6.07, 6.45) is 1.69. The number of hydrogen-bond acceptors (Lipinski definition) is 4. The van der Waals surface area contributed by atoms with E-state index in [2.05, 4.69) is 10.3 Å². The normalized spacial score (nSPS) is 16.9. The van der Waals surface area contributed by atoms with E-state index in [1.54, 1.807) is 36.4 Å². The third-order valence-corrected chi connectivity index (χ3v) is 5.11. The fourth-order valence-electron chi connectivity index (χ4n) is 2.47. The molecule has 0 saturated carbocycles. The average molecular weight is 415 g/mol. The van der Waals surface area contributed by atoms with Crippen LogP contribution in [0.15, 0.2) is 75.0 Å². The molecule has 27 heavy (non-hydrogen) atoms. The monoisotopic (exact) mass is 414 g/mol. The van der Waals surface area contributed by atoms with E-state index in [4.69, 9.17) is 27.6 Å². The molecule has 7 heteroatoms. The minimum absolute atomic E-state index is 0.214. The highest BCUT2D eigenvalue weighted by atomic mass is 35.5. The molecule has 4 rings (SSSR count). The van der Waals surface area contributed by atoms with Crippen molar-refractivity contribution in [2.45, 2.75) is 0 Å². The Balaban J connectivity index is 1.54. The molecular weight excluding hydrogens is 403 g/mol. The number of carbonyl (C=O) groups excluding carboxylic acids is 1. The highest BCUT2D eigenvalue weighted by Crippen LogP contribution is 2.30. The second-order valence-corrected chi connectivity index (χ2v) is 7.57. The molecule has 1 N–H and O–H groups in total. The predicted molar refractivity (Wildman–Crippen MR) is 111 cm³/mol. The number of thioether (sulfide) groups is 1. The number of aliphatic imine (C=N–C) groups is 1. The number of benzene rings is 2. The van der Waals surface area contributed by atoms with Gasteiger partial charge in [0.25, 0.3) is 5.91 Å². The molecule has 3 aromatic rings. The Morgan fingerprint density at radius 2 is 1.81 bits per heavy atom. The van der Waals surface area contributed by atoms with Gasteiger partial charge in [-0.25, -0.2) is 4.99 Å². The van der Waals surface area contributed by atoms with Crippen LogP contribution in [0.1, 0.15) is 5.76 Å². The molecule has 1 fully saturated rings. The first-order valence-electron chi connectivity index (χ1n) is 7.98. The van der Waals surface area contributed by atoms with Gasteiger partial charge in [0, 0.05) is 21.7 Å². The lowest BCUT2D eigenvalue weighted by atomic mass is 10.2. The lowest BCUT2D eigenvalue weighted by Gasteiger charge is -1.97. The fraction of sp³-hybridized carbons (Fsp3) is 0. The first-order chi connectivity index (χ1) is 13.1. The highest BCUT2D eigenvalue weighted by Gasteiger charge is 2.24. The summed E-state index contributed by atoms with van der Waals surface area (Å²) in [4.78, 5) is 17.1. The lowest BCUT2D eigenvalue weighted by Crippen LogP contribution is -2.19. The zero-order chi connectivity index (χ0) is 18.8. The van der Waals surface area contributed by atoms with Crippen molar-refractivity contribution in [3.63, 3.8) is 0 Å². The zero-order valence-corrected chi connectivity index (χ0v) is 16.1. The predicted octanol–water partition coefficient (Wildman–Crippen LogP) is 6.15. The molecule has 0 bridgehead atoms. The van der Waals surface area contributed by atoms with Crippen LogP contribution in [0.3, 0.4) is 0 Å². The topological polar surface area (TPSA) is 54.6 Å². The molecular formula is C20H12Cl2N2O2S. The second kappa shape index (κ2) is 7.64. The molecule has 0 aliphatic carbocycles. The van der Waals surface area contributed by atoms with Gasteiger partial charge in [-0.15, -0.1) is 0 Å². The highest BCUT2D eigenvalue weighted by molar-refractivity contribution is 8.18. The molecule has 134 valence electrons.